The van der Waals surface area contributed by atoms with Crippen molar-refractivity contribution < 1.29 is 18.4 Å². The van der Waals surface area contributed by atoms with E-state index in [1.54, 1.807) is 6.07 Å². The normalized spacial score (nSPS) is 11.3. The van der Waals surface area contributed by atoms with Crippen LogP contribution in [0.1, 0.15) is 5.56 Å². The summed E-state index contributed by atoms with van der Waals surface area (Å²) in [5.74, 6) is -1.62. The molecule has 15 heteroatoms. The lowest BCUT2D eigenvalue weighted by atomic mass is 10.2. The van der Waals surface area contributed by atoms with Gasteiger partial charge in [0.25, 0.3) is 11.7 Å². The third-order valence-electron chi connectivity index (χ3n) is 3.07. The van der Waals surface area contributed by atoms with Gasteiger partial charge in [-0.25, -0.2) is 24.1 Å². The van der Waals surface area contributed by atoms with Gasteiger partial charge in [0.1, 0.15) is 12.4 Å². The molecule has 144 valence electrons. The van der Waals surface area contributed by atoms with Gasteiger partial charge in [0.15, 0.2) is 0 Å². The Morgan fingerprint density at radius 3 is 2.61 bits per heavy atom. The van der Waals surface area contributed by atoms with Gasteiger partial charge in [-0.15, -0.1) is 5.11 Å². The number of hydrazone groups is 1. The number of amides is 1. The summed E-state index contributed by atoms with van der Waals surface area (Å²) in [5.41, 5.74) is 13.5. The number of halogens is 1. The molecule has 1 aromatic carbocycles. The summed E-state index contributed by atoms with van der Waals surface area (Å²) in [6.45, 7) is -0.443. The Balaban J connectivity index is 1.69. The number of carbonyl (C=O) groups excluding carboxylic acids is 1. The van der Waals surface area contributed by atoms with Crippen LogP contribution >= 0.6 is 0 Å². The number of benzene rings is 1. The maximum Gasteiger partial charge on any atom is 0.263 e. The van der Waals surface area contributed by atoms with Crippen molar-refractivity contribution in [1.82, 2.24) is 26.1 Å². The largest absolute Gasteiger partial charge is 0.378 e. The standard InChI is InChI=1S/C13H12FN11O3/c14-8-4-2-1-3-7(8)5-17-18-9(26)6-25(13-11(16)21-28-23-13)24-19-12-10(15)20-27-22-12/h1-5H,6H2,(H2,15,20)(H2,16,21)(H,18,26). The maximum atomic E-state index is 13.5. The maximum absolute atomic E-state index is 13.5. The fourth-order valence-corrected chi connectivity index (χ4v) is 1.80. The van der Waals surface area contributed by atoms with Crippen LogP contribution in [0.4, 0.5) is 27.7 Å². The van der Waals surface area contributed by atoms with Crippen molar-refractivity contribution in [3.8, 4) is 0 Å². The summed E-state index contributed by atoms with van der Waals surface area (Å²) in [4.78, 5) is 12.1. The van der Waals surface area contributed by atoms with Gasteiger partial charge in [-0.1, -0.05) is 23.4 Å². The molecule has 0 unspecified atom stereocenters. The molecule has 2 heterocycles. The zero-order valence-corrected chi connectivity index (χ0v) is 13.9. The summed E-state index contributed by atoms with van der Waals surface area (Å²) in [6, 6.07) is 5.90. The Morgan fingerprint density at radius 1 is 1.18 bits per heavy atom. The van der Waals surface area contributed by atoms with E-state index in [4.69, 9.17) is 11.5 Å². The van der Waals surface area contributed by atoms with E-state index in [1.807, 2.05) is 0 Å². The molecule has 0 bridgehead atoms. The zero-order chi connectivity index (χ0) is 19.9. The number of nitrogens with zero attached hydrogens (tertiary/aromatic N) is 8. The molecule has 0 aliphatic heterocycles. The number of anilines is 3. The van der Waals surface area contributed by atoms with Crippen LogP contribution in [-0.4, -0.2) is 39.3 Å². The molecule has 5 N–H and O–H groups in total. The lowest BCUT2D eigenvalue weighted by molar-refractivity contribution is -0.119. The highest BCUT2D eigenvalue weighted by molar-refractivity contribution is 5.84. The Labute approximate surface area is 155 Å². The molecule has 14 nitrogen and oxygen atoms in total. The average molecular weight is 389 g/mol. The molecule has 28 heavy (non-hydrogen) atoms. The topological polar surface area (TPSA) is 199 Å². The van der Waals surface area contributed by atoms with Crippen LogP contribution in [0.2, 0.25) is 0 Å². The predicted octanol–water partition coefficient (Wildman–Crippen LogP) is 0.412. The minimum atomic E-state index is -0.653. The van der Waals surface area contributed by atoms with Gasteiger partial charge in [0, 0.05) is 5.56 Å². The fraction of sp³-hybridized carbons (Fsp3) is 0.0769. The smallest absolute Gasteiger partial charge is 0.263 e. The number of aromatic nitrogens is 4. The molecule has 3 rings (SSSR count). The average Bonchev–Trinajstić information content (AvgIpc) is 3.28. The highest BCUT2D eigenvalue weighted by atomic mass is 19.1. The third kappa shape index (κ3) is 4.40. The molecule has 0 aliphatic rings. The van der Waals surface area contributed by atoms with E-state index in [0.717, 1.165) is 11.2 Å². The molecule has 0 spiro atoms. The van der Waals surface area contributed by atoms with Gasteiger partial charge in [-0.3, -0.25) is 4.79 Å². The van der Waals surface area contributed by atoms with Crippen molar-refractivity contribution in [2.75, 3.05) is 23.0 Å². The zero-order valence-electron chi connectivity index (χ0n) is 13.9. The summed E-state index contributed by atoms with van der Waals surface area (Å²) >= 11 is 0. The van der Waals surface area contributed by atoms with E-state index in [0.29, 0.717) is 0 Å². The van der Waals surface area contributed by atoms with Gasteiger partial charge in [-0.2, -0.15) is 5.10 Å². The van der Waals surface area contributed by atoms with Gasteiger partial charge in [0.2, 0.25) is 17.5 Å². The molecule has 2 aromatic heterocycles. The number of nitrogens with two attached hydrogens (primary N) is 2. The number of hydrogen-bond acceptors (Lipinski definition) is 12. The van der Waals surface area contributed by atoms with E-state index in [2.05, 4.69) is 50.7 Å². The van der Waals surface area contributed by atoms with E-state index in [-0.39, 0.29) is 28.8 Å². The van der Waals surface area contributed by atoms with Crippen molar-refractivity contribution >= 4 is 35.4 Å². The van der Waals surface area contributed by atoms with E-state index >= 15 is 0 Å². The first-order valence-electron chi connectivity index (χ1n) is 7.46. The van der Waals surface area contributed by atoms with E-state index in [9.17, 15) is 9.18 Å². The molecule has 0 saturated carbocycles. The number of nitrogens with one attached hydrogen (secondary N) is 1. The van der Waals surface area contributed by atoms with Crippen LogP contribution in [0.15, 0.2) is 49.0 Å². The van der Waals surface area contributed by atoms with Crippen LogP contribution in [0.3, 0.4) is 0 Å². The van der Waals surface area contributed by atoms with Gasteiger partial charge in [0.05, 0.1) is 6.21 Å². The number of nitrogen functional groups attached to an aromatic ring is 2. The highest BCUT2D eigenvalue weighted by Crippen LogP contribution is 2.21. The summed E-state index contributed by atoms with van der Waals surface area (Å²) in [5, 5.41) is 25.7. The first kappa shape index (κ1) is 18.4. The number of hydrogen-bond donors (Lipinski definition) is 3. The van der Waals surface area contributed by atoms with Crippen molar-refractivity contribution in [1.29, 1.82) is 0 Å². The predicted molar refractivity (Wildman–Crippen MR) is 91.4 cm³/mol. The molecule has 3 aromatic rings. The Morgan fingerprint density at radius 2 is 1.93 bits per heavy atom. The summed E-state index contributed by atoms with van der Waals surface area (Å²) in [6.07, 6.45) is 1.15. The second-order valence-electron chi connectivity index (χ2n) is 5.01. The molecule has 0 radical (unpaired) electrons. The van der Waals surface area contributed by atoms with Crippen molar-refractivity contribution in [2.24, 2.45) is 15.4 Å². The molecule has 0 aliphatic carbocycles. The van der Waals surface area contributed by atoms with Crippen LogP contribution < -0.4 is 21.9 Å². The van der Waals surface area contributed by atoms with Crippen molar-refractivity contribution in [3.63, 3.8) is 0 Å². The first-order valence-corrected chi connectivity index (χ1v) is 7.46. The van der Waals surface area contributed by atoms with Crippen LogP contribution in [0.25, 0.3) is 0 Å². The molecular formula is C13H12FN11O3. The number of rotatable bonds is 7. The SMILES string of the molecule is Nc1nonc1N=NN(CC(=O)NN=Cc1ccccc1F)c1nonc1N. The van der Waals surface area contributed by atoms with Crippen molar-refractivity contribution in [3.05, 3.63) is 35.6 Å². The summed E-state index contributed by atoms with van der Waals surface area (Å²) in [7, 11) is 0. The van der Waals surface area contributed by atoms with Crippen LogP contribution in [0.5, 0.6) is 0 Å². The second-order valence-corrected chi connectivity index (χ2v) is 5.01. The third-order valence-corrected chi connectivity index (χ3v) is 3.07. The Hall–Kier alpha value is -4.43. The highest BCUT2D eigenvalue weighted by Gasteiger charge is 2.19. The minimum absolute atomic E-state index is 0.0907. The number of carbonyl (C=O) groups is 1. The molecule has 0 fully saturated rings. The summed E-state index contributed by atoms with van der Waals surface area (Å²) < 4.78 is 22.4. The second kappa shape index (κ2) is 8.30. The van der Waals surface area contributed by atoms with E-state index in [1.165, 1.54) is 18.2 Å². The fourth-order valence-electron chi connectivity index (χ4n) is 1.80. The lowest BCUT2D eigenvalue weighted by Crippen LogP contribution is -2.32. The van der Waals surface area contributed by atoms with Crippen LogP contribution in [0, 0.1) is 5.82 Å². The minimum Gasteiger partial charge on any atom is -0.378 e. The molecular weight excluding hydrogens is 377 g/mol. The van der Waals surface area contributed by atoms with Gasteiger partial charge < -0.3 is 11.5 Å². The quantitative estimate of drug-likeness (QED) is 0.289. The lowest BCUT2D eigenvalue weighted by Gasteiger charge is -2.12. The molecule has 1 amide bonds. The molecule has 0 atom stereocenters. The monoisotopic (exact) mass is 389 g/mol. The first-order chi connectivity index (χ1) is 13.5. The molecule has 0 saturated heterocycles. The Kier molecular flexibility index (Phi) is 5.44. The van der Waals surface area contributed by atoms with Gasteiger partial charge in [-0.05, 0) is 26.7 Å². The van der Waals surface area contributed by atoms with Crippen LogP contribution in [-0.2, 0) is 4.79 Å². The van der Waals surface area contributed by atoms with Gasteiger partial charge >= 0.3 is 0 Å². The van der Waals surface area contributed by atoms with E-state index < -0.39 is 18.3 Å². The van der Waals surface area contributed by atoms with Crippen molar-refractivity contribution in [2.45, 2.75) is 0 Å². The Bertz CT molecular complexity index is 1010.